The molecule has 2 heterocycles. The Bertz CT molecular complexity index is 1230. The van der Waals surface area contributed by atoms with Crippen LogP contribution in [0, 0.1) is 0 Å². The van der Waals surface area contributed by atoms with Crippen molar-refractivity contribution in [3.8, 4) is 0 Å². The number of carbonyl (C=O) groups excluding carboxylic acids is 2. The van der Waals surface area contributed by atoms with E-state index in [0.717, 1.165) is 10.1 Å². The first kappa shape index (κ1) is 22.8. The van der Waals surface area contributed by atoms with Crippen molar-refractivity contribution in [2.45, 2.75) is 13.3 Å². The normalized spacial score (nSPS) is 11.8. The fourth-order valence-electron chi connectivity index (χ4n) is 3.09. The third-order valence-electron chi connectivity index (χ3n) is 4.69. The van der Waals surface area contributed by atoms with Crippen LogP contribution in [0.1, 0.15) is 34.1 Å². The number of aliphatic imine (C=N–C) groups is 2. The van der Waals surface area contributed by atoms with Crippen LogP contribution in [0.2, 0.25) is 0 Å². The summed E-state index contributed by atoms with van der Waals surface area (Å²) >= 11 is 1.49. The molecule has 0 atom stereocenters. The Morgan fingerprint density at radius 1 is 1.22 bits per heavy atom. The molecule has 8 nitrogen and oxygen atoms in total. The van der Waals surface area contributed by atoms with Crippen LogP contribution in [-0.2, 0) is 0 Å². The van der Waals surface area contributed by atoms with E-state index in [2.05, 4.69) is 37.5 Å². The molecule has 2 amide bonds. The molecule has 2 aromatic heterocycles. The first-order chi connectivity index (χ1) is 15.5. The van der Waals surface area contributed by atoms with Gasteiger partial charge in [0.15, 0.2) is 11.7 Å². The number of anilines is 2. The van der Waals surface area contributed by atoms with Crippen molar-refractivity contribution in [2.24, 2.45) is 9.98 Å². The zero-order valence-electron chi connectivity index (χ0n) is 18.1. The SMILES string of the molecule is C=CN=C(Nc1ncc(C(=O)NC)cc1NC(=O)c1csc2ccccc12)C(CC)=NC. The number of amidine groups is 1. The molecule has 0 aliphatic heterocycles. The van der Waals surface area contributed by atoms with Crippen molar-refractivity contribution < 1.29 is 9.59 Å². The van der Waals surface area contributed by atoms with Crippen LogP contribution in [0.5, 0.6) is 0 Å². The number of hydrogen-bond donors (Lipinski definition) is 3. The summed E-state index contributed by atoms with van der Waals surface area (Å²) in [6.07, 6.45) is 3.46. The number of fused-ring (bicyclic) bond motifs is 1. The Hall–Kier alpha value is -3.85. The predicted octanol–water partition coefficient (Wildman–Crippen LogP) is 4.34. The van der Waals surface area contributed by atoms with Crippen LogP contribution in [0.25, 0.3) is 10.1 Å². The summed E-state index contributed by atoms with van der Waals surface area (Å²) < 4.78 is 1.01. The molecule has 0 saturated heterocycles. The predicted molar refractivity (Wildman–Crippen MR) is 132 cm³/mol. The molecule has 0 unspecified atom stereocenters. The molecule has 0 radical (unpaired) electrons. The summed E-state index contributed by atoms with van der Waals surface area (Å²) in [5.41, 5.74) is 1.91. The molecular formula is C23H24N6O2S. The van der Waals surface area contributed by atoms with Crippen LogP contribution in [0.3, 0.4) is 0 Å². The van der Waals surface area contributed by atoms with Crippen LogP contribution in [0.15, 0.2) is 64.7 Å². The molecular weight excluding hydrogens is 424 g/mol. The smallest absolute Gasteiger partial charge is 0.257 e. The summed E-state index contributed by atoms with van der Waals surface area (Å²) in [5.74, 6) is 0.177. The number of aromatic nitrogens is 1. The number of amides is 2. The molecule has 0 spiro atoms. The van der Waals surface area contributed by atoms with E-state index in [1.54, 1.807) is 13.1 Å². The average molecular weight is 449 g/mol. The quantitative estimate of drug-likeness (QED) is 0.369. The second-order valence-corrected chi connectivity index (χ2v) is 7.52. The van der Waals surface area contributed by atoms with Gasteiger partial charge >= 0.3 is 0 Å². The number of hydrogen-bond acceptors (Lipinski definition) is 6. The van der Waals surface area contributed by atoms with E-state index >= 15 is 0 Å². The van der Waals surface area contributed by atoms with Gasteiger partial charge in [0.05, 0.1) is 22.5 Å². The first-order valence-electron chi connectivity index (χ1n) is 9.93. The minimum atomic E-state index is -0.315. The lowest BCUT2D eigenvalue weighted by molar-refractivity contribution is 0.0961. The highest BCUT2D eigenvalue weighted by Gasteiger charge is 2.18. The Balaban J connectivity index is 2.01. The van der Waals surface area contributed by atoms with Gasteiger partial charge < -0.3 is 16.0 Å². The second-order valence-electron chi connectivity index (χ2n) is 6.61. The highest BCUT2D eigenvalue weighted by atomic mass is 32.1. The van der Waals surface area contributed by atoms with Gasteiger partial charge in [-0.3, -0.25) is 14.6 Å². The van der Waals surface area contributed by atoms with Crippen LogP contribution < -0.4 is 16.0 Å². The van der Waals surface area contributed by atoms with Gasteiger partial charge in [0.25, 0.3) is 11.8 Å². The maximum atomic E-state index is 13.1. The topological polar surface area (TPSA) is 108 Å². The maximum absolute atomic E-state index is 13.1. The fraction of sp³-hybridized carbons (Fsp3) is 0.174. The monoisotopic (exact) mass is 448 g/mol. The van der Waals surface area contributed by atoms with E-state index in [-0.39, 0.29) is 11.8 Å². The molecule has 0 bridgehead atoms. The zero-order valence-corrected chi connectivity index (χ0v) is 18.9. The summed E-state index contributed by atoms with van der Waals surface area (Å²) in [4.78, 5) is 38.1. The number of nitrogens with one attached hydrogen (secondary N) is 3. The van der Waals surface area contributed by atoms with Crippen LogP contribution >= 0.6 is 11.3 Å². The minimum Gasteiger partial charge on any atom is -0.355 e. The average Bonchev–Trinajstić information content (AvgIpc) is 3.25. The molecule has 9 heteroatoms. The number of nitrogens with zero attached hydrogens (tertiary/aromatic N) is 3. The lowest BCUT2D eigenvalue weighted by Crippen LogP contribution is -2.25. The van der Waals surface area contributed by atoms with E-state index in [0.29, 0.717) is 40.6 Å². The summed E-state index contributed by atoms with van der Waals surface area (Å²) in [7, 11) is 3.20. The van der Waals surface area contributed by atoms with Crippen molar-refractivity contribution in [1.82, 2.24) is 10.3 Å². The highest BCUT2D eigenvalue weighted by molar-refractivity contribution is 7.17. The van der Waals surface area contributed by atoms with Crippen molar-refractivity contribution >= 4 is 56.3 Å². The van der Waals surface area contributed by atoms with Gasteiger partial charge in [0.1, 0.15) is 0 Å². The number of thiophene rings is 1. The third-order valence-corrected chi connectivity index (χ3v) is 5.65. The van der Waals surface area contributed by atoms with E-state index in [4.69, 9.17) is 0 Å². The molecule has 32 heavy (non-hydrogen) atoms. The van der Waals surface area contributed by atoms with Crippen LogP contribution in [-0.4, -0.2) is 42.4 Å². The van der Waals surface area contributed by atoms with Gasteiger partial charge in [-0.2, -0.15) is 0 Å². The molecule has 0 aliphatic carbocycles. The van der Waals surface area contributed by atoms with Gasteiger partial charge in [0.2, 0.25) is 0 Å². The summed E-state index contributed by atoms with van der Waals surface area (Å²) in [5, 5.41) is 11.2. The maximum Gasteiger partial charge on any atom is 0.257 e. The van der Waals surface area contributed by atoms with Crippen LogP contribution in [0.4, 0.5) is 11.5 Å². The number of rotatable bonds is 7. The van der Waals surface area contributed by atoms with Crippen molar-refractivity contribution in [3.63, 3.8) is 0 Å². The number of carbonyl (C=O) groups is 2. The van der Waals surface area contributed by atoms with E-state index in [1.165, 1.54) is 30.8 Å². The Kier molecular flexibility index (Phi) is 7.45. The largest absolute Gasteiger partial charge is 0.355 e. The molecule has 3 N–H and O–H groups in total. The van der Waals surface area contributed by atoms with Gasteiger partial charge in [0, 0.05) is 42.0 Å². The molecule has 164 valence electrons. The molecule has 1 aromatic carbocycles. The van der Waals surface area contributed by atoms with E-state index < -0.39 is 0 Å². The molecule has 3 rings (SSSR count). The van der Waals surface area contributed by atoms with Gasteiger partial charge in [-0.15, -0.1) is 11.3 Å². The van der Waals surface area contributed by atoms with Gasteiger partial charge in [-0.25, -0.2) is 9.98 Å². The second kappa shape index (κ2) is 10.5. The lowest BCUT2D eigenvalue weighted by Gasteiger charge is -2.15. The van der Waals surface area contributed by atoms with Gasteiger partial charge in [-0.05, 0) is 18.6 Å². The Morgan fingerprint density at radius 3 is 2.69 bits per heavy atom. The third kappa shape index (κ3) is 4.89. The molecule has 0 fully saturated rings. The zero-order chi connectivity index (χ0) is 23.1. The Labute approximate surface area is 190 Å². The fourth-order valence-corrected chi connectivity index (χ4v) is 4.03. The molecule has 3 aromatic rings. The highest BCUT2D eigenvalue weighted by Crippen LogP contribution is 2.28. The van der Waals surface area contributed by atoms with Crippen molar-refractivity contribution in [1.29, 1.82) is 0 Å². The first-order valence-corrected chi connectivity index (χ1v) is 10.8. The minimum absolute atomic E-state index is 0.302. The van der Waals surface area contributed by atoms with E-state index in [9.17, 15) is 9.59 Å². The molecule has 0 aliphatic rings. The summed E-state index contributed by atoms with van der Waals surface area (Å²) in [6, 6.07) is 9.26. The van der Waals surface area contributed by atoms with Crippen molar-refractivity contribution in [3.05, 3.63) is 65.8 Å². The van der Waals surface area contributed by atoms with E-state index in [1.807, 2.05) is 36.6 Å². The lowest BCUT2D eigenvalue weighted by atomic mass is 10.1. The number of pyridine rings is 1. The number of benzene rings is 1. The van der Waals surface area contributed by atoms with Crippen molar-refractivity contribution in [2.75, 3.05) is 24.7 Å². The summed E-state index contributed by atoms with van der Waals surface area (Å²) in [6.45, 7) is 5.60. The Morgan fingerprint density at radius 2 is 2.00 bits per heavy atom. The molecule has 0 saturated carbocycles. The standard InChI is InChI=1S/C23H24N6O2S/c1-5-17(24-3)20(26-6-2)29-21-18(11-14(12-27-21)22(30)25-4)28-23(31)16-13-32-19-10-8-7-9-15(16)19/h6-13H,2,5H2,1,3-4H3,(H,25,30)(H,28,31)(H,26,27,29). The van der Waals surface area contributed by atoms with Gasteiger partial charge in [-0.1, -0.05) is 31.7 Å².